The Morgan fingerprint density at radius 2 is 2.04 bits per heavy atom. The van der Waals surface area contributed by atoms with Crippen molar-refractivity contribution in [2.45, 2.75) is 51.7 Å². The monoisotopic (exact) mass is 381 g/mol. The number of hydrogen-bond donors (Lipinski definition) is 0. The number of carbonyl (C=O) groups excluding carboxylic acids is 1. The zero-order valence-electron chi connectivity index (χ0n) is 16.8. The van der Waals surface area contributed by atoms with E-state index in [4.69, 9.17) is 11.6 Å². The van der Waals surface area contributed by atoms with Crippen LogP contribution in [0.25, 0.3) is 0 Å². The molecule has 1 aromatic rings. The Labute approximate surface area is 162 Å². The molecule has 0 radical (unpaired) electrons. The van der Waals surface area contributed by atoms with E-state index in [9.17, 15) is 4.79 Å². The van der Waals surface area contributed by atoms with Gasteiger partial charge >= 0.3 is 0 Å². The van der Waals surface area contributed by atoms with Crippen LogP contribution in [-0.4, -0.2) is 76.7 Å². The molecule has 4 rings (SSSR count). The van der Waals surface area contributed by atoms with Crippen LogP contribution in [0.4, 0.5) is 0 Å². The van der Waals surface area contributed by atoms with Crippen molar-refractivity contribution in [3.63, 3.8) is 0 Å². The summed E-state index contributed by atoms with van der Waals surface area (Å²) in [5.74, 6) is 0.584. The van der Waals surface area contributed by atoms with E-state index in [0.29, 0.717) is 16.6 Å². The van der Waals surface area contributed by atoms with E-state index in [2.05, 4.69) is 36.0 Å². The van der Waals surface area contributed by atoms with Gasteiger partial charge in [0.15, 0.2) is 5.69 Å². The Kier molecular flexibility index (Phi) is 5.66. The number of likely N-dealkylation sites (N-methyl/N-ethyl adjacent to an activating group) is 1. The number of rotatable bonds is 2. The van der Waals surface area contributed by atoms with E-state index in [-0.39, 0.29) is 11.4 Å². The molecule has 3 heterocycles. The third-order valence-electron chi connectivity index (χ3n) is 6.29. The maximum Gasteiger partial charge on any atom is 0.276 e. The molecule has 1 saturated carbocycles. The van der Waals surface area contributed by atoms with Gasteiger partial charge in [-0.05, 0) is 46.3 Å². The van der Waals surface area contributed by atoms with Crippen molar-refractivity contribution in [3.8, 4) is 0 Å². The average Bonchev–Trinajstić information content (AvgIpc) is 2.96. The third kappa shape index (κ3) is 3.06. The Morgan fingerprint density at radius 1 is 1.31 bits per heavy atom. The van der Waals surface area contributed by atoms with Crippen LogP contribution in [0.15, 0.2) is 0 Å². The van der Waals surface area contributed by atoms with Crippen LogP contribution in [0, 0.1) is 5.92 Å². The minimum Gasteiger partial charge on any atom is -0.335 e. The number of amides is 1. The van der Waals surface area contributed by atoms with Crippen LogP contribution >= 0.6 is 11.6 Å². The van der Waals surface area contributed by atoms with E-state index >= 15 is 0 Å². The van der Waals surface area contributed by atoms with E-state index in [1.165, 1.54) is 12.8 Å². The fraction of sp³-hybridized carbons (Fsp3) is 0.789. The highest BCUT2D eigenvalue weighted by Gasteiger charge is 2.55. The van der Waals surface area contributed by atoms with Crippen LogP contribution in [0.2, 0.25) is 5.02 Å². The molecule has 0 bridgehead atoms. The second-order valence-corrected chi connectivity index (χ2v) is 8.22. The fourth-order valence-electron chi connectivity index (χ4n) is 4.62. The first-order valence-corrected chi connectivity index (χ1v) is 10.2. The van der Waals surface area contributed by atoms with Crippen LogP contribution in [0.5, 0.6) is 0 Å². The smallest absolute Gasteiger partial charge is 0.276 e. The molecule has 3 aliphatic rings. The van der Waals surface area contributed by atoms with Gasteiger partial charge in [0.1, 0.15) is 0 Å². The minimum absolute atomic E-state index is 0.00106. The molecule has 2 unspecified atom stereocenters. The molecule has 0 aromatic carbocycles. The number of halogens is 1. The molecule has 0 spiro atoms. The lowest BCUT2D eigenvalue weighted by molar-refractivity contribution is 0.0272. The Hall–Kier alpha value is -1.11. The van der Waals surface area contributed by atoms with Crippen LogP contribution in [-0.2, 0) is 13.1 Å². The van der Waals surface area contributed by atoms with Gasteiger partial charge < -0.3 is 14.7 Å². The first-order valence-electron chi connectivity index (χ1n) is 9.83. The number of likely N-dealkylation sites (tertiary alicyclic amines) is 1. The maximum atomic E-state index is 13.1. The Morgan fingerprint density at radius 3 is 2.62 bits per heavy atom. The summed E-state index contributed by atoms with van der Waals surface area (Å²) in [6.07, 6.45) is 3.41. The molecule has 0 N–H and O–H groups in total. The summed E-state index contributed by atoms with van der Waals surface area (Å²) < 4.78 is 1.94. The van der Waals surface area contributed by atoms with Gasteiger partial charge in [-0.25, -0.2) is 0 Å². The summed E-state index contributed by atoms with van der Waals surface area (Å²) in [5, 5.41) is 5.13. The number of fused-ring (bicyclic) bond motifs is 2. The largest absolute Gasteiger partial charge is 0.335 e. The second kappa shape index (κ2) is 7.49. The first kappa shape index (κ1) is 19.6. The molecule has 1 saturated heterocycles. The summed E-state index contributed by atoms with van der Waals surface area (Å²) in [6.45, 7) is 8.24. The molecule has 26 heavy (non-hydrogen) atoms. The summed E-state index contributed by atoms with van der Waals surface area (Å²) in [5.41, 5.74) is 1.58. The second-order valence-electron chi connectivity index (χ2n) is 7.84. The molecule has 2 fully saturated rings. The van der Waals surface area contributed by atoms with E-state index in [1.807, 2.05) is 23.4 Å². The molecule has 1 aromatic heterocycles. The molecular weight excluding hydrogens is 350 g/mol. The highest BCUT2D eigenvalue weighted by molar-refractivity contribution is 6.34. The molecule has 146 valence electrons. The van der Waals surface area contributed by atoms with Gasteiger partial charge in [-0.3, -0.25) is 9.48 Å². The van der Waals surface area contributed by atoms with Gasteiger partial charge in [0, 0.05) is 38.3 Å². The lowest BCUT2D eigenvalue weighted by Crippen LogP contribution is -2.57. The maximum absolute atomic E-state index is 13.1. The number of aryl methyl sites for hydroxylation is 1. The summed E-state index contributed by atoms with van der Waals surface area (Å²) in [6, 6.07) is 0. The van der Waals surface area contributed by atoms with Crippen molar-refractivity contribution < 1.29 is 4.79 Å². The molecule has 1 amide bonds. The number of aromatic nitrogens is 2. The lowest BCUT2D eigenvalue weighted by Gasteiger charge is -2.48. The zero-order valence-corrected chi connectivity index (χ0v) is 17.5. The summed E-state index contributed by atoms with van der Waals surface area (Å²) >= 11 is 6.57. The van der Waals surface area contributed by atoms with Gasteiger partial charge in [-0.1, -0.05) is 25.4 Å². The normalized spacial score (nSPS) is 28.0. The van der Waals surface area contributed by atoms with Crippen molar-refractivity contribution in [2.75, 3.05) is 40.8 Å². The molecular formula is C19H32ClN5O. The quantitative estimate of drug-likeness (QED) is 0.789. The summed E-state index contributed by atoms with van der Waals surface area (Å²) in [4.78, 5) is 19.6. The number of nitrogens with zero attached hydrogens (tertiary/aromatic N) is 5. The van der Waals surface area contributed by atoms with Crippen LogP contribution in [0.3, 0.4) is 0 Å². The Balaban J connectivity index is 0.000000948. The van der Waals surface area contributed by atoms with E-state index in [0.717, 1.165) is 44.8 Å². The topological polar surface area (TPSA) is 44.6 Å². The van der Waals surface area contributed by atoms with Gasteiger partial charge in [-0.2, -0.15) is 5.10 Å². The summed E-state index contributed by atoms with van der Waals surface area (Å²) in [7, 11) is 6.34. The predicted octanol–water partition coefficient (Wildman–Crippen LogP) is 2.56. The molecule has 1 aliphatic carbocycles. The lowest BCUT2D eigenvalue weighted by atomic mass is 9.68. The molecule has 2 aliphatic heterocycles. The zero-order chi connectivity index (χ0) is 19.1. The number of carbonyl (C=O) groups is 1. The van der Waals surface area contributed by atoms with Gasteiger partial charge in [0.2, 0.25) is 0 Å². The van der Waals surface area contributed by atoms with Gasteiger partial charge in [0.25, 0.3) is 5.91 Å². The molecule has 2 atom stereocenters. The van der Waals surface area contributed by atoms with Crippen LogP contribution in [0.1, 0.15) is 49.3 Å². The molecule has 7 heteroatoms. The average molecular weight is 382 g/mol. The van der Waals surface area contributed by atoms with E-state index in [1.54, 1.807) is 0 Å². The highest BCUT2D eigenvalue weighted by atomic mass is 35.5. The minimum atomic E-state index is -0.00106. The standard InChI is InChI=1S/C17H26ClN5O.C2H6/c1-20(2)17-6-5-12(17)9-22(11-17)16(24)15-14(18)13-10-21(3)7-4-8-23(13)19-15;1-2/h12H,4-11H2,1-3H3;1-2H3. The molecule has 6 nitrogen and oxygen atoms in total. The van der Waals surface area contributed by atoms with Crippen molar-refractivity contribution in [2.24, 2.45) is 5.92 Å². The number of hydrogen-bond acceptors (Lipinski definition) is 4. The fourth-order valence-corrected chi connectivity index (χ4v) is 4.90. The van der Waals surface area contributed by atoms with Crippen molar-refractivity contribution in [1.29, 1.82) is 0 Å². The predicted molar refractivity (Wildman–Crippen MR) is 105 cm³/mol. The highest BCUT2D eigenvalue weighted by Crippen LogP contribution is 2.48. The van der Waals surface area contributed by atoms with E-state index < -0.39 is 0 Å². The first-order chi connectivity index (χ1) is 12.4. The van der Waals surface area contributed by atoms with Gasteiger partial charge in [0.05, 0.1) is 10.7 Å². The van der Waals surface area contributed by atoms with Crippen molar-refractivity contribution >= 4 is 17.5 Å². The third-order valence-corrected chi connectivity index (χ3v) is 6.69. The van der Waals surface area contributed by atoms with Gasteiger partial charge in [-0.15, -0.1) is 0 Å². The van der Waals surface area contributed by atoms with Crippen LogP contribution < -0.4 is 0 Å². The van der Waals surface area contributed by atoms with Crippen molar-refractivity contribution in [3.05, 3.63) is 16.4 Å². The Bertz CT molecular complexity index is 673. The van der Waals surface area contributed by atoms with Crippen molar-refractivity contribution in [1.82, 2.24) is 24.5 Å². The SMILES string of the molecule is CC.CN1CCCn2nc(C(=O)N3CC4CCC4(N(C)C)C3)c(Cl)c2C1.